The maximum atomic E-state index is 10.8. The molecule has 3 heterocycles. The molecule has 9 unspecified atom stereocenters. The average Bonchev–Trinajstić information content (AvgIpc) is 2.79. The molecule has 15 nitrogen and oxygen atoms in total. The summed E-state index contributed by atoms with van der Waals surface area (Å²) in [4.78, 5) is 0. The van der Waals surface area contributed by atoms with Gasteiger partial charge in [-0.15, -0.1) is 0 Å². The number of hydrogen-bond donors (Lipinski definition) is 10. The highest BCUT2D eigenvalue weighted by atomic mass is 16.8. The Labute approximate surface area is 187 Å². The van der Waals surface area contributed by atoms with E-state index < -0.39 is 105 Å². The lowest BCUT2D eigenvalue weighted by molar-refractivity contribution is -0.381. The van der Waals surface area contributed by atoms with Crippen LogP contribution in [0.15, 0.2) is 0 Å². The molecule has 0 aromatic heterocycles. The van der Waals surface area contributed by atoms with Gasteiger partial charge in [-0.1, -0.05) is 0 Å². The molecular weight excluding hydrogens is 456 g/mol. The van der Waals surface area contributed by atoms with Gasteiger partial charge in [0, 0.05) is 0 Å². The molecule has 0 aromatic carbocycles. The van der Waals surface area contributed by atoms with Crippen LogP contribution in [0.5, 0.6) is 0 Å². The van der Waals surface area contributed by atoms with Crippen LogP contribution in [0.3, 0.4) is 0 Å². The SMILES string of the molecule is CC1OC(O[C@@H]2C(O)OC(CO)C(OC3OC(CO)C(O)[C@@H](O)[C@@H]3O)[C@H]2O)[C@@H](O)[C@@H](O)C1O. The second-order valence-corrected chi connectivity index (χ2v) is 8.32. The molecule has 3 rings (SSSR count). The zero-order valence-corrected chi connectivity index (χ0v) is 17.6. The number of aliphatic hydroxyl groups excluding tert-OH is 10. The minimum absolute atomic E-state index is 0.730. The predicted molar refractivity (Wildman–Crippen MR) is 99.8 cm³/mol. The van der Waals surface area contributed by atoms with Crippen molar-refractivity contribution in [3.8, 4) is 0 Å². The van der Waals surface area contributed by atoms with Gasteiger partial charge in [0.15, 0.2) is 18.9 Å². The third-order valence-corrected chi connectivity index (χ3v) is 6.05. The van der Waals surface area contributed by atoms with Crippen LogP contribution < -0.4 is 0 Å². The van der Waals surface area contributed by atoms with Gasteiger partial charge in [-0.25, -0.2) is 0 Å². The molecule has 194 valence electrons. The van der Waals surface area contributed by atoms with Crippen LogP contribution in [0.4, 0.5) is 0 Å². The second kappa shape index (κ2) is 11.0. The van der Waals surface area contributed by atoms with Crippen LogP contribution in [-0.2, 0) is 23.7 Å². The average molecular weight is 488 g/mol. The van der Waals surface area contributed by atoms with Gasteiger partial charge in [-0.2, -0.15) is 0 Å². The molecule has 33 heavy (non-hydrogen) atoms. The van der Waals surface area contributed by atoms with Crippen LogP contribution in [0.2, 0.25) is 0 Å². The number of rotatable bonds is 6. The first kappa shape index (κ1) is 27.0. The number of aliphatic hydroxyl groups is 10. The lowest BCUT2D eigenvalue weighted by Crippen LogP contribution is -2.66. The van der Waals surface area contributed by atoms with Crippen molar-refractivity contribution in [3.63, 3.8) is 0 Å². The fourth-order valence-corrected chi connectivity index (χ4v) is 3.99. The molecule has 0 radical (unpaired) electrons. The highest BCUT2D eigenvalue weighted by molar-refractivity contribution is 4.95. The second-order valence-electron chi connectivity index (χ2n) is 8.32. The monoisotopic (exact) mass is 488 g/mol. The van der Waals surface area contributed by atoms with Gasteiger partial charge in [0.25, 0.3) is 0 Å². The van der Waals surface area contributed by atoms with Gasteiger partial charge in [-0.3, -0.25) is 0 Å². The summed E-state index contributed by atoms with van der Waals surface area (Å²) in [5.74, 6) is 0. The molecule has 0 aromatic rings. The van der Waals surface area contributed by atoms with Crippen LogP contribution in [0, 0.1) is 0 Å². The fourth-order valence-electron chi connectivity index (χ4n) is 3.99. The van der Waals surface area contributed by atoms with Gasteiger partial charge < -0.3 is 74.7 Å². The first-order valence-electron chi connectivity index (χ1n) is 10.4. The van der Waals surface area contributed by atoms with Crippen LogP contribution in [0.1, 0.15) is 6.92 Å². The Kier molecular flexibility index (Phi) is 8.99. The number of ether oxygens (including phenoxy) is 5. The summed E-state index contributed by atoms with van der Waals surface area (Å²) in [6.07, 6.45) is -23.9. The van der Waals surface area contributed by atoms with Crippen molar-refractivity contribution >= 4 is 0 Å². The van der Waals surface area contributed by atoms with E-state index in [9.17, 15) is 51.1 Å². The van der Waals surface area contributed by atoms with Crippen LogP contribution in [0.25, 0.3) is 0 Å². The molecular formula is C18H32O15. The zero-order valence-electron chi connectivity index (χ0n) is 17.6. The minimum atomic E-state index is -1.86. The Hall–Kier alpha value is -0.600. The van der Waals surface area contributed by atoms with E-state index in [1.54, 1.807) is 0 Å². The topological polar surface area (TPSA) is 248 Å². The summed E-state index contributed by atoms with van der Waals surface area (Å²) in [5.41, 5.74) is 0. The van der Waals surface area contributed by atoms with Crippen LogP contribution in [-0.4, -0.2) is 156 Å². The summed E-state index contributed by atoms with van der Waals surface area (Å²) >= 11 is 0. The molecule has 3 saturated heterocycles. The third kappa shape index (κ3) is 5.32. The molecule has 0 saturated carbocycles. The Balaban J connectivity index is 1.75. The van der Waals surface area contributed by atoms with Crippen molar-refractivity contribution in [3.05, 3.63) is 0 Å². The molecule has 3 fully saturated rings. The molecule has 0 spiro atoms. The van der Waals surface area contributed by atoms with E-state index in [0.29, 0.717) is 0 Å². The smallest absolute Gasteiger partial charge is 0.187 e. The van der Waals surface area contributed by atoms with Crippen molar-refractivity contribution in [1.82, 2.24) is 0 Å². The summed E-state index contributed by atoms with van der Waals surface area (Å²) in [5, 5.41) is 99.8. The normalized spacial score (nSPS) is 53.7. The van der Waals surface area contributed by atoms with Crippen molar-refractivity contribution < 1.29 is 74.7 Å². The van der Waals surface area contributed by atoms with Gasteiger partial charge in [0.2, 0.25) is 0 Å². The van der Waals surface area contributed by atoms with Crippen molar-refractivity contribution in [1.29, 1.82) is 0 Å². The van der Waals surface area contributed by atoms with E-state index in [1.807, 2.05) is 0 Å². The fraction of sp³-hybridized carbons (Fsp3) is 1.00. The minimum Gasteiger partial charge on any atom is -0.394 e. The van der Waals surface area contributed by atoms with E-state index >= 15 is 0 Å². The van der Waals surface area contributed by atoms with E-state index in [0.717, 1.165) is 0 Å². The first-order valence-corrected chi connectivity index (χ1v) is 10.4. The Morgan fingerprint density at radius 1 is 0.545 bits per heavy atom. The molecule has 3 aliphatic heterocycles. The quantitative estimate of drug-likeness (QED) is 0.167. The standard InChI is InChI=1S/C18H32O15/c1-4-7(21)9(23)11(25)17(29-4)33-15-13(27)14(6(3-20)30-16(15)28)32-18-12(26)10(24)8(22)5(2-19)31-18/h4-28H,2-3H2,1H3/t4?,5?,6?,7?,8?,9-,10+,11-,12-,13+,14?,15-,16?,17?,18?/m0/s1. The van der Waals surface area contributed by atoms with E-state index in [4.69, 9.17) is 23.7 Å². The maximum absolute atomic E-state index is 10.8. The van der Waals surface area contributed by atoms with Crippen molar-refractivity contribution in [2.45, 2.75) is 99.0 Å². The molecule has 3 aliphatic rings. The van der Waals surface area contributed by atoms with Gasteiger partial charge in [-0.05, 0) is 6.92 Å². The molecule has 10 N–H and O–H groups in total. The third-order valence-electron chi connectivity index (χ3n) is 6.05. The predicted octanol–water partition coefficient (Wildman–Crippen LogP) is -6.55. The summed E-state index contributed by atoms with van der Waals surface area (Å²) in [7, 11) is 0. The van der Waals surface area contributed by atoms with Gasteiger partial charge in [0.1, 0.15) is 67.1 Å². The molecule has 0 aliphatic carbocycles. The highest BCUT2D eigenvalue weighted by Gasteiger charge is 2.53. The molecule has 0 amide bonds. The molecule has 15 heteroatoms. The maximum Gasteiger partial charge on any atom is 0.187 e. The summed E-state index contributed by atoms with van der Waals surface area (Å²) in [6.45, 7) is -0.105. The van der Waals surface area contributed by atoms with E-state index in [2.05, 4.69) is 0 Å². The van der Waals surface area contributed by atoms with Gasteiger partial charge >= 0.3 is 0 Å². The zero-order chi connectivity index (χ0) is 24.6. The van der Waals surface area contributed by atoms with Crippen molar-refractivity contribution in [2.24, 2.45) is 0 Å². The molecule has 0 bridgehead atoms. The van der Waals surface area contributed by atoms with Crippen LogP contribution >= 0.6 is 0 Å². The Bertz CT molecular complexity index is 624. The number of hydrogen-bond acceptors (Lipinski definition) is 15. The van der Waals surface area contributed by atoms with Crippen molar-refractivity contribution in [2.75, 3.05) is 13.2 Å². The van der Waals surface area contributed by atoms with E-state index in [1.165, 1.54) is 6.92 Å². The highest BCUT2D eigenvalue weighted by Crippen LogP contribution is 2.32. The summed E-state index contributed by atoms with van der Waals surface area (Å²) in [6, 6.07) is 0. The molecule has 15 atom stereocenters. The lowest BCUT2D eigenvalue weighted by Gasteiger charge is -2.47. The first-order chi connectivity index (χ1) is 15.5. The van der Waals surface area contributed by atoms with Gasteiger partial charge in [0.05, 0.1) is 19.3 Å². The lowest BCUT2D eigenvalue weighted by atomic mass is 9.96. The summed E-state index contributed by atoms with van der Waals surface area (Å²) < 4.78 is 26.6. The largest absolute Gasteiger partial charge is 0.394 e. The Morgan fingerprint density at radius 3 is 1.64 bits per heavy atom. The Morgan fingerprint density at radius 2 is 1.06 bits per heavy atom. The van der Waals surface area contributed by atoms with E-state index in [-0.39, 0.29) is 0 Å².